The molecule has 0 aromatic heterocycles. The molecule has 3 nitrogen and oxygen atoms in total. The van der Waals surface area contributed by atoms with E-state index in [1.54, 1.807) is 0 Å². The zero-order valence-corrected chi connectivity index (χ0v) is 11.5. The Morgan fingerprint density at radius 1 is 1.32 bits per heavy atom. The van der Waals surface area contributed by atoms with E-state index in [-0.39, 0.29) is 29.1 Å². The number of hydrogen-bond acceptors (Lipinski definition) is 3. The van der Waals surface area contributed by atoms with Crippen LogP contribution in [0.1, 0.15) is 18.9 Å². The lowest BCUT2D eigenvalue weighted by Gasteiger charge is -2.42. The maximum Gasteiger partial charge on any atom is 0.402 e. The van der Waals surface area contributed by atoms with Crippen LogP contribution in [0.25, 0.3) is 0 Å². The molecule has 0 bridgehead atoms. The fourth-order valence-electron chi connectivity index (χ4n) is 3.03. The number of halogens is 4. The zero-order chi connectivity index (χ0) is 16.1. The SMILES string of the molecule is CCC1(C(F)(F)F)C2=CC=CN(O)C2=Nc2ccc(F)cc21. The van der Waals surface area contributed by atoms with E-state index in [9.17, 15) is 22.8 Å². The lowest BCUT2D eigenvalue weighted by molar-refractivity contribution is -0.179. The van der Waals surface area contributed by atoms with Crippen LogP contribution in [0.4, 0.5) is 23.2 Å². The number of fused-ring (bicyclic) bond motifs is 2. The average Bonchev–Trinajstić information content (AvgIpc) is 2.44. The number of rotatable bonds is 1. The van der Waals surface area contributed by atoms with Crippen LogP contribution in [0.2, 0.25) is 0 Å². The van der Waals surface area contributed by atoms with Gasteiger partial charge in [-0.05, 0) is 30.7 Å². The van der Waals surface area contributed by atoms with Gasteiger partial charge in [-0.2, -0.15) is 13.2 Å². The monoisotopic (exact) mass is 312 g/mol. The first kappa shape index (κ1) is 14.8. The Kier molecular flexibility index (Phi) is 3.14. The van der Waals surface area contributed by atoms with Crippen molar-refractivity contribution in [3.8, 4) is 0 Å². The van der Waals surface area contributed by atoms with Gasteiger partial charge in [0.1, 0.15) is 11.2 Å². The molecule has 1 aromatic rings. The molecule has 116 valence electrons. The number of hydrogen-bond donors (Lipinski definition) is 1. The highest BCUT2D eigenvalue weighted by molar-refractivity contribution is 6.05. The molecule has 0 aliphatic carbocycles. The Hall–Kier alpha value is -2.15. The number of nitrogens with zero attached hydrogens (tertiary/aromatic N) is 2. The van der Waals surface area contributed by atoms with Crippen molar-refractivity contribution in [3.63, 3.8) is 0 Å². The van der Waals surface area contributed by atoms with Gasteiger partial charge in [0.25, 0.3) is 0 Å². The molecule has 22 heavy (non-hydrogen) atoms. The summed E-state index contributed by atoms with van der Waals surface area (Å²) in [6, 6.07) is 3.11. The fraction of sp³-hybridized carbons (Fsp3) is 0.267. The van der Waals surface area contributed by atoms with Crippen molar-refractivity contribution in [1.82, 2.24) is 5.06 Å². The van der Waals surface area contributed by atoms with Gasteiger partial charge in [-0.25, -0.2) is 14.4 Å². The van der Waals surface area contributed by atoms with E-state index >= 15 is 0 Å². The van der Waals surface area contributed by atoms with Gasteiger partial charge >= 0.3 is 6.18 Å². The quantitative estimate of drug-likeness (QED) is 0.788. The second-order valence-corrected chi connectivity index (χ2v) is 5.12. The van der Waals surface area contributed by atoms with Crippen molar-refractivity contribution >= 4 is 11.5 Å². The smallest absolute Gasteiger partial charge is 0.283 e. The van der Waals surface area contributed by atoms with Crippen molar-refractivity contribution < 1.29 is 22.8 Å². The van der Waals surface area contributed by atoms with Crippen molar-refractivity contribution in [1.29, 1.82) is 0 Å². The van der Waals surface area contributed by atoms with Gasteiger partial charge in [-0.3, -0.25) is 5.21 Å². The molecule has 1 aromatic carbocycles. The van der Waals surface area contributed by atoms with E-state index in [0.29, 0.717) is 5.06 Å². The number of hydroxylamine groups is 2. The van der Waals surface area contributed by atoms with E-state index in [2.05, 4.69) is 4.99 Å². The Labute approximate surface area is 123 Å². The highest BCUT2D eigenvalue weighted by atomic mass is 19.4. The Balaban J connectivity index is 2.40. The van der Waals surface area contributed by atoms with Gasteiger partial charge in [-0.15, -0.1) is 0 Å². The molecular formula is C15H12F4N2O. The largest absolute Gasteiger partial charge is 0.402 e. The van der Waals surface area contributed by atoms with Crippen LogP contribution in [0.15, 0.2) is 47.1 Å². The zero-order valence-electron chi connectivity index (χ0n) is 11.5. The number of benzene rings is 1. The third kappa shape index (κ3) is 1.81. The van der Waals surface area contributed by atoms with Crippen LogP contribution < -0.4 is 0 Å². The molecule has 0 fully saturated rings. The molecule has 0 saturated carbocycles. The normalized spacial score (nSPS) is 23.6. The second kappa shape index (κ2) is 4.67. The van der Waals surface area contributed by atoms with Crippen molar-refractivity contribution in [2.24, 2.45) is 4.99 Å². The maximum absolute atomic E-state index is 14.0. The van der Waals surface area contributed by atoms with Gasteiger partial charge in [-0.1, -0.05) is 13.0 Å². The molecule has 1 N–H and O–H groups in total. The van der Waals surface area contributed by atoms with E-state index in [1.165, 1.54) is 31.3 Å². The Morgan fingerprint density at radius 2 is 2.05 bits per heavy atom. The van der Waals surface area contributed by atoms with E-state index < -0.39 is 17.4 Å². The topological polar surface area (TPSA) is 35.8 Å². The number of allylic oxidation sites excluding steroid dienone is 2. The van der Waals surface area contributed by atoms with Crippen LogP contribution in [-0.4, -0.2) is 22.3 Å². The Bertz CT molecular complexity index is 721. The fourth-order valence-corrected chi connectivity index (χ4v) is 3.03. The molecule has 1 atom stereocenters. The summed E-state index contributed by atoms with van der Waals surface area (Å²) in [6.45, 7) is 1.38. The van der Waals surface area contributed by atoms with Gasteiger partial charge in [0.05, 0.1) is 5.69 Å². The van der Waals surface area contributed by atoms with Gasteiger partial charge in [0, 0.05) is 17.3 Å². The predicted octanol–water partition coefficient (Wildman–Crippen LogP) is 4.22. The van der Waals surface area contributed by atoms with Crippen LogP contribution >= 0.6 is 0 Å². The Morgan fingerprint density at radius 3 is 2.68 bits per heavy atom. The van der Waals surface area contributed by atoms with Crippen LogP contribution in [0.3, 0.4) is 0 Å². The number of amidine groups is 1. The summed E-state index contributed by atoms with van der Waals surface area (Å²) in [7, 11) is 0. The van der Waals surface area contributed by atoms with Gasteiger partial charge in [0.15, 0.2) is 5.84 Å². The van der Waals surface area contributed by atoms with Crippen LogP contribution in [0, 0.1) is 5.82 Å². The number of aliphatic imine (C=N–C) groups is 1. The summed E-state index contributed by atoms with van der Waals surface area (Å²) in [4.78, 5) is 4.05. The summed E-state index contributed by atoms with van der Waals surface area (Å²) < 4.78 is 55.4. The summed E-state index contributed by atoms with van der Waals surface area (Å²) >= 11 is 0. The number of alkyl halides is 3. The first-order chi connectivity index (χ1) is 10.3. The molecule has 1 unspecified atom stereocenters. The summed E-state index contributed by atoms with van der Waals surface area (Å²) in [6.07, 6.45) is -1.23. The highest BCUT2D eigenvalue weighted by Crippen LogP contribution is 2.55. The maximum atomic E-state index is 14.0. The molecule has 0 amide bonds. The second-order valence-electron chi connectivity index (χ2n) is 5.12. The van der Waals surface area contributed by atoms with Crippen LogP contribution in [0.5, 0.6) is 0 Å². The molecule has 0 radical (unpaired) electrons. The molecule has 7 heteroatoms. The van der Waals surface area contributed by atoms with Crippen molar-refractivity contribution in [2.75, 3.05) is 0 Å². The minimum Gasteiger partial charge on any atom is -0.283 e. The standard InChI is InChI=1S/C15H12F4N2O/c1-2-14(15(17,18)19)10-4-3-7-21(22)13(10)20-12-6-5-9(16)8-11(12)14/h3-8,22H,2H2,1H3. The average molecular weight is 312 g/mol. The molecule has 2 heterocycles. The summed E-state index contributed by atoms with van der Waals surface area (Å²) in [5.74, 6) is -0.951. The predicted molar refractivity (Wildman–Crippen MR) is 72.4 cm³/mol. The molecule has 2 aliphatic heterocycles. The third-order valence-corrected chi connectivity index (χ3v) is 4.07. The first-order valence-corrected chi connectivity index (χ1v) is 6.64. The molecule has 2 aliphatic rings. The van der Waals surface area contributed by atoms with Gasteiger partial charge < -0.3 is 0 Å². The van der Waals surface area contributed by atoms with E-state index in [0.717, 1.165) is 12.1 Å². The van der Waals surface area contributed by atoms with Gasteiger partial charge in [0.2, 0.25) is 0 Å². The van der Waals surface area contributed by atoms with Crippen LogP contribution in [-0.2, 0) is 5.41 Å². The highest BCUT2D eigenvalue weighted by Gasteiger charge is 2.61. The summed E-state index contributed by atoms with van der Waals surface area (Å²) in [5.41, 5.74) is -2.83. The first-order valence-electron chi connectivity index (χ1n) is 6.64. The minimum atomic E-state index is -4.66. The van der Waals surface area contributed by atoms with E-state index in [1.807, 2.05) is 0 Å². The molecule has 0 saturated heterocycles. The summed E-state index contributed by atoms with van der Waals surface area (Å²) in [5, 5.41) is 10.4. The van der Waals surface area contributed by atoms with Crippen molar-refractivity contribution in [2.45, 2.75) is 24.9 Å². The van der Waals surface area contributed by atoms with E-state index in [4.69, 9.17) is 0 Å². The lowest BCUT2D eigenvalue weighted by atomic mass is 9.68. The molecule has 3 rings (SSSR count). The molecular weight excluding hydrogens is 300 g/mol. The van der Waals surface area contributed by atoms with Crippen molar-refractivity contribution in [3.05, 3.63) is 53.5 Å². The third-order valence-electron chi connectivity index (χ3n) is 4.07. The minimum absolute atomic E-state index is 0.00192. The molecule has 0 spiro atoms. The lowest BCUT2D eigenvalue weighted by Crippen LogP contribution is -2.50.